The molecule has 0 aliphatic heterocycles. The van der Waals surface area contributed by atoms with Gasteiger partial charge in [-0.2, -0.15) is 0 Å². The first-order valence-corrected chi connectivity index (χ1v) is 9.56. The van der Waals surface area contributed by atoms with Crippen molar-refractivity contribution in [2.45, 2.75) is 12.8 Å². The van der Waals surface area contributed by atoms with Crippen molar-refractivity contribution in [3.05, 3.63) is 82.8 Å². The third kappa shape index (κ3) is 4.26. The van der Waals surface area contributed by atoms with E-state index in [1.807, 2.05) is 72.8 Å². The summed E-state index contributed by atoms with van der Waals surface area (Å²) in [6.07, 6.45) is 1.18. The molecule has 1 aromatic heterocycles. The molecule has 5 heteroatoms. The highest BCUT2D eigenvalue weighted by molar-refractivity contribution is 9.10. The normalized spacial score (nSPS) is 10.9. The number of hydrogen-bond donors (Lipinski definition) is 2. The maximum Gasteiger partial charge on any atom is 0.224 e. The molecule has 4 aromatic rings. The molecule has 0 spiro atoms. The second-order valence-corrected chi connectivity index (χ2v) is 7.28. The molecule has 0 saturated heterocycles. The van der Waals surface area contributed by atoms with Crippen molar-refractivity contribution >= 4 is 38.6 Å². The predicted octanol–water partition coefficient (Wildman–Crippen LogP) is 5.56. The number of aromatic nitrogens is 2. The van der Waals surface area contributed by atoms with Crippen LogP contribution in [0.15, 0.2) is 77.3 Å². The number of carbonyl (C=O) groups is 1. The standard InChI is InChI=1S/C22H18BrN3O/c23-17-10-11-19-20(14-17)26-22(25-19)16-7-4-8-18(13-16)24-21(27)12-9-15-5-2-1-3-6-15/h1-8,10-11,13-14H,9,12H2,(H,24,27)(H,25,26). The molecule has 0 aliphatic rings. The summed E-state index contributed by atoms with van der Waals surface area (Å²) >= 11 is 3.47. The van der Waals surface area contributed by atoms with Crippen molar-refractivity contribution in [2.24, 2.45) is 0 Å². The fraction of sp³-hybridized carbons (Fsp3) is 0.0909. The van der Waals surface area contributed by atoms with Crippen molar-refractivity contribution in [1.29, 1.82) is 0 Å². The Bertz CT molecular complexity index is 1090. The van der Waals surface area contributed by atoms with Crippen LogP contribution in [0.3, 0.4) is 0 Å². The zero-order valence-corrected chi connectivity index (χ0v) is 16.2. The Hall–Kier alpha value is -2.92. The van der Waals surface area contributed by atoms with Crippen LogP contribution >= 0.6 is 15.9 Å². The quantitative estimate of drug-likeness (QED) is 0.444. The molecular weight excluding hydrogens is 402 g/mol. The summed E-state index contributed by atoms with van der Waals surface area (Å²) in [7, 11) is 0. The minimum Gasteiger partial charge on any atom is -0.338 e. The monoisotopic (exact) mass is 419 g/mol. The Morgan fingerprint density at radius 2 is 1.85 bits per heavy atom. The summed E-state index contributed by atoms with van der Waals surface area (Å²) in [5.41, 5.74) is 4.74. The molecule has 0 atom stereocenters. The number of anilines is 1. The fourth-order valence-electron chi connectivity index (χ4n) is 2.99. The minimum atomic E-state index is 0.00420. The third-order valence-corrected chi connectivity index (χ3v) is 4.84. The van der Waals surface area contributed by atoms with Gasteiger partial charge in [-0.1, -0.05) is 58.4 Å². The Morgan fingerprint density at radius 1 is 1.00 bits per heavy atom. The molecule has 1 heterocycles. The van der Waals surface area contributed by atoms with Crippen LogP contribution in [0, 0.1) is 0 Å². The van der Waals surface area contributed by atoms with Gasteiger partial charge in [0.2, 0.25) is 5.91 Å². The number of fused-ring (bicyclic) bond motifs is 1. The van der Waals surface area contributed by atoms with Gasteiger partial charge in [0.05, 0.1) is 11.0 Å². The molecule has 3 aromatic carbocycles. The van der Waals surface area contributed by atoms with Crippen LogP contribution in [0.2, 0.25) is 0 Å². The van der Waals surface area contributed by atoms with Crippen LogP contribution in [-0.2, 0) is 11.2 Å². The molecule has 4 rings (SSSR count). The van der Waals surface area contributed by atoms with Gasteiger partial charge in [-0.3, -0.25) is 4.79 Å². The number of nitrogens with one attached hydrogen (secondary N) is 2. The van der Waals surface area contributed by atoms with Crippen molar-refractivity contribution in [2.75, 3.05) is 5.32 Å². The molecule has 134 valence electrons. The Kier molecular flexibility index (Phi) is 5.03. The SMILES string of the molecule is O=C(CCc1ccccc1)Nc1cccc(-c2nc3ccc(Br)cc3[nH]2)c1. The van der Waals surface area contributed by atoms with E-state index in [0.29, 0.717) is 6.42 Å². The van der Waals surface area contributed by atoms with Crippen LogP contribution in [-0.4, -0.2) is 15.9 Å². The van der Waals surface area contributed by atoms with Crippen molar-refractivity contribution in [3.63, 3.8) is 0 Å². The molecule has 0 unspecified atom stereocenters. The largest absolute Gasteiger partial charge is 0.338 e. The number of hydrogen-bond acceptors (Lipinski definition) is 2. The van der Waals surface area contributed by atoms with Gasteiger partial charge in [0, 0.05) is 22.1 Å². The van der Waals surface area contributed by atoms with E-state index < -0.39 is 0 Å². The molecule has 27 heavy (non-hydrogen) atoms. The van der Waals surface area contributed by atoms with E-state index in [1.165, 1.54) is 0 Å². The van der Waals surface area contributed by atoms with E-state index in [2.05, 4.69) is 31.2 Å². The van der Waals surface area contributed by atoms with Gasteiger partial charge in [-0.05, 0) is 42.3 Å². The molecule has 0 aliphatic carbocycles. The number of rotatable bonds is 5. The van der Waals surface area contributed by atoms with Crippen LogP contribution in [0.1, 0.15) is 12.0 Å². The lowest BCUT2D eigenvalue weighted by Crippen LogP contribution is -2.12. The van der Waals surface area contributed by atoms with Crippen molar-refractivity contribution in [3.8, 4) is 11.4 Å². The van der Waals surface area contributed by atoms with Crippen LogP contribution < -0.4 is 5.32 Å². The number of imidazole rings is 1. The molecule has 1 amide bonds. The highest BCUT2D eigenvalue weighted by Gasteiger charge is 2.08. The highest BCUT2D eigenvalue weighted by Crippen LogP contribution is 2.25. The predicted molar refractivity (Wildman–Crippen MR) is 113 cm³/mol. The van der Waals surface area contributed by atoms with Gasteiger partial charge in [-0.15, -0.1) is 0 Å². The molecular formula is C22H18BrN3O. The van der Waals surface area contributed by atoms with Gasteiger partial charge < -0.3 is 10.3 Å². The topological polar surface area (TPSA) is 57.8 Å². The number of amides is 1. The van der Waals surface area contributed by atoms with E-state index in [-0.39, 0.29) is 5.91 Å². The van der Waals surface area contributed by atoms with E-state index in [0.717, 1.165) is 44.6 Å². The maximum absolute atomic E-state index is 12.3. The second kappa shape index (κ2) is 7.76. The summed E-state index contributed by atoms with van der Waals surface area (Å²) in [4.78, 5) is 20.2. The molecule has 2 N–H and O–H groups in total. The number of halogens is 1. The first-order valence-electron chi connectivity index (χ1n) is 8.77. The third-order valence-electron chi connectivity index (χ3n) is 4.35. The van der Waals surface area contributed by atoms with Crippen molar-refractivity contribution < 1.29 is 4.79 Å². The highest BCUT2D eigenvalue weighted by atomic mass is 79.9. The number of carbonyl (C=O) groups excluding carboxylic acids is 1. The smallest absolute Gasteiger partial charge is 0.224 e. The van der Waals surface area contributed by atoms with Gasteiger partial charge >= 0.3 is 0 Å². The molecule has 0 bridgehead atoms. The van der Waals surface area contributed by atoms with Gasteiger partial charge in [0.1, 0.15) is 5.82 Å². The first kappa shape index (κ1) is 17.5. The molecule has 0 fully saturated rings. The summed E-state index contributed by atoms with van der Waals surface area (Å²) in [5, 5.41) is 2.98. The van der Waals surface area contributed by atoms with Crippen LogP contribution in [0.5, 0.6) is 0 Å². The number of aryl methyl sites for hydroxylation is 1. The lowest BCUT2D eigenvalue weighted by molar-refractivity contribution is -0.116. The number of nitrogens with zero attached hydrogens (tertiary/aromatic N) is 1. The molecule has 4 nitrogen and oxygen atoms in total. The van der Waals surface area contributed by atoms with Crippen LogP contribution in [0.25, 0.3) is 22.4 Å². The van der Waals surface area contributed by atoms with E-state index in [1.54, 1.807) is 0 Å². The summed E-state index contributed by atoms with van der Waals surface area (Å²) in [6.45, 7) is 0. The summed E-state index contributed by atoms with van der Waals surface area (Å²) in [5.74, 6) is 0.785. The van der Waals surface area contributed by atoms with Gasteiger partial charge in [0.25, 0.3) is 0 Å². The average molecular weight is 420 g/mol. The lowest BCUT2D eigenvalue weighted by Gasteiger charge is -2.07. The van der Waals surface area contributed by atoms with Gasteiger partial charge in [0.15, 0.2) is 0 Å². The minimum absolute atomic E-state index is 0.00420. The maximum atomic E-state index is 12.3. The average Bonchev–Trinajstić information content (AvgIpc) is 3.11. The van der Waals surface area contributed by atoms with E-state index in [4.69, 9.17) is 0 Å². The zero-order chi connectivity index (χ0) is 18.6. The summed E-state index contributed by atoms with van der Waals surface area (Å²) in [6, 6.07) is 23.7. The molecule has 0 saturated carbocycles. The Balaban J connectivity index is 1.47. The van der Waals surface area contributed by atoms with Gasteiger partial charge in [-0.25, -0.2) is 4.98 Å². The van der Waals surface area contributed by atoms with E-state index in [9.17, 15) is 4.79 Å². The Morgan fingerprint density at radius 3 is 2.70 bits per heavy atom. The number of benzene rings is 3. The van der Waals surface area contributed by atoms with E-state index >= 15 is 0 Å². The Labute approximate surface area is 165 Å². The molecule has 0 radical (unpaired) electrons. The zero-order valence-electron chi connectivity index (χ0n) is 14.6. The number of H-pyrrole nitrogens is 1. The van der Waals surface area contributed by atoms with Crippen molar-refractivity contribution in [1.82, 2.24) is 9.97 Å². The second-order valence-electron chi connectivity index (χ2n) is 6.36. The first-order chi connectivity index (χ1) is 13.2. The fourth-order valence-corrected chi connectivity index (χ4v) is 3.35. The lowest BCUT2D eigenvalue weighted by atomic mass is 10.1. The van der Waals surface area contributed by atoms with Crippen LogP contribution in [0.4, 0.5) is 5.69 Å². The summed E-state index contributed by atoms with van der Waals surface area (Å²) < 4.78 is 1.00. The number of aromatic amines is 1.